The van der Waals surface area contributed by atoms with Crippen LogP contribution >= 0.6 is 15.9 Å². The summed E-state index contributed by atoms with van der Waals surface area (Å²) in [4.78, 5) is 8.73. The number of anilines is 4. The molecule has 2 aromatic carbocycles. The number of hydrogen-bond donors (Lipinski definition) is 2. The van der Waals surface area contributed by atoms with Crippen molar-refractivity contribution >= 4 is 39.1 Å². The Morgan fingerprint density at radius 1 is 0.880 bits per heavy atom. The molecular formula is C19H19BrN4O. The SMILES string of the molecule is CC(C)Oc1ccc(Nc2ccnc(Nc3ccc(Br)cc3)n2)cc1. The maximum absolute atomic E-state index is 5.65. The monoisotopic (exact) mass is 398 g/mol. The van der Waals surface area contributed by atoms with Gasteiger partial charge in [-0.1, -0.05) is 15.9 Å². The Labute approximate surface area is 155 Å². The van der Waals surface area contributed by atoms with Gasteiger partial charge in [0.15, 0.2) is 0 Å². The van der Waals surface area contributed by atoms with Gasteiger partial charge in [0.25, 0.3) is 0 Å². The first-order valence-corrected chi connectivity index (χ1v) is 8.77. The normalized spacial score (nSPS) is 10.6. The molecule has 0 saturated carbocycles. The molecule has 1 aromatic heterocycles. The van der Waals surface area contributed by atoms with E-state index in [1.807, 2.05) is 68.4 Å². The highest BCUT2D eigenvalue weighted by Gasteiger charge is 2.02. The number of halogens is 1. The molecule has 2 N–H and O–H groups in total. The van der Waals surface area contributed by atoms with Gasteiger partial charge in [-0.05, 0) is 68.4 Å². The van der Waals surface area contributed by atoms with Crippen LogP contribution in [0.4, 0.5) is 23.1 Å². The van der Waals surface area contributed by atoms with E-state index in [1.165, 1.54) is 0 Å². The molecule has 0 unspecified atom stereocenters. The fourth-order valence-electron chi connectivity index (χ4n) is 2.19. The molecule has 6 heteroatoms. The van der Waals surface area contributed by atoms with E-state index in [4.69, 9.17) is 4.74 Å². The largest absolute Gasteiger partial charge is 0.491 e. The smallest absolute Gasteiger partial charge is 0.229 e. The number of hydrogen-bond acceptors (Lipinski definition) is 5. The third-order valence-corrected chi connectivity index (χ3v) is 3.78. The molecule has 0 radical (unpaired) electrons. The van der Waals surface area contributed by atoms with Crippen LogP contribution in [0.15, 0.2) is 65.3 Å². The van der Waals surface area contributed by atoms with Gasteiger partial charge in [-0.2, -0.15) is 4.98 Å². The number of nitrogens with one attached hydrogen (secondary N) is 2. The van der Waals surface area contributed by atoms with Crippen LogP contribution in [0.3, 0.4) is 0 Å². The van der Waals surface area contributed by atoms with Gasteiger partial charge in [0, 0.05) is 22.0 Å². The van der Waals surface area contributed by atoms with Gasteiger partial charge >= 0.3 is 0 Å². The summed E-state index contributed by atoms with van der Waals surface area (Å²) in [7, 11) is 0. The second-order valence-corrected chi connectivity index (χ2v) is 6.63. The van der Waals surface area contributed by atoms with Crippen LogP contribution in [0.1, 0.15) is 13.8 Å². The maximum atomic E-state index is 5.65. The summed E-state index contributed by atoms with van der Waals surface area (Å²) in [5.74, 6) is 2.10. The van der Waals surface area contributed by atoms with Gasteiger partial charge in [0.05, 0.1) is 6.10 Å². The summed E-state index contributed by atoms with van der Waals surface area (Å²) in [6.45, 7) is 4.01. The van der Waals surface area contributed by atoms with Gasteiger partial charge in [0.1, 0.15) is 11.6 Å². The van der Waals surface area contributed by atoms with Crippen molar-refractivity contribution in [2.75, 3.05) is 10.6 Å². The van der Waals surface area contributed by atoms with Gasteiger partial charge in [-0.25, -0.2) is 4.98 Å². The highest BCUT2D eigenvalue weighted by Crippen LogP contribution is 2.21. The lowest BCUT2D eigenvalue weighted by atomic mass is 10.3. The Hall–Kier alpha value is -2.60. The molecule has 1 heterocycles. The van der Waals surface area contributed by atoms with Crippen molar-refractivity contribution in [3.8, 4) is 5.75 Å². The predicted octanol–water partition coefficient (Wildman–Crippen LogP) is 5.51. The minimum absolute atomic E-state index is 0.160. The van der Waals surface area contributed by atoms with E-state index in [9.17, 15) is 0 Å². The second-order valence-electron chi connectivity index (χ2n) is 5.71. The molecule has 5 nitrogen and oxygen atoms in total. The van der Waals surface area contributed by atoms with Crippen LogP contribution in [0.2, 0.25) is 0 Å². The topological polar surface area (TPSA) is 59.1 Å². The van der Waals surface area contributed by atoms with E-state index in [0.29, 0.717) is 11.8 Å². The highest BCUT2D eigenvalue weighted by molar-refractivity contribution is 9.10. The molecule has 25 heavy (non-hydrogen) atoms. The Morgan fingerprint density at radius 3 is 2.20 bits per heavy atom. The minimum atomic E-state index is 0.160. The molecule has 0 atom stereocenters. The highest BCUT2D eigenvalue weighted by atomic mass is 79.9. The average Bonchev–Trinajstić information content (AvgIpc) is 2.59. The maximum Gasteiger partial charge on any atom is 0.229 e. The van der Waals surface area contributed by atoms with E-state index in [-0.39, 0.29) is 6.10 Å². The van der Waals surface area contributed by atoms with Crippen LogP contribution in [-0.2, 0) is 0 Å². The van der Waals surface area contributed by atoms with E-state index >= 15 is 0 Å². The second kappa shape index (κ2) is 7.98. The number of benzene rings is 2. The quantitative estimate of drug-likeness (QED) is 0.572. The molecule has 0 amide bonds. The van der Waals surface area contributed by atoms with Crippen LogP contribution in [0, 0.1) is 0 Å². The summed E-state index contributed by atoms with van der Waals surface area (Å²) in [5, 5.41) is 6.45. The molecule has 0 aliphatic carbocycles. The first kappa shape index (κ1) is 17.2. The Kier molecular flexibility index (Phi) is 5.50. The predicted molar refractivity (Wildman–Crippen MR) is 105 cm³/mol. The van der Waals surface area contributed by atoms with Crippen LogP contribution in [-0.4, -0.2) is 16.1 Å². The zero-order valence-electron chi connectivity index (χ0n) is 14.0. The Morgan fingerprint density at radius 2 is 1.52 bits per heavy atom. The lowest BCUT2D eigenvalue weighted by Gasteiger charge is -2.11. The van der Waals surface area contributed by atoms with E-state index in [2.05, 4.69) is 36.5 Å². The standard InChI is InChI=1S/C19H19BrN4O/c1-13(2)25-17-9-7-15(8-10-17)22-18-11-12-21-19(24-18)23-16-5-3-14(20)4-6-16/h3-13H,1-2H3,(H2,21,22,23,24). The Bertz CT molecular complexity index is 820. The molecule has 0 bridgehead atoms. The molecule has 3 rings (SSSR count). The third-order valence-electron chi connectivity index (χ3n) is 3.25. The molecule has 0 spiro atoms. The number of rotatable bonds is 6. The first-order valence-electron chi connectivity index (χ1n) is 7.98. The minimum Gasteiger partial charge on any atom is -0.491 e. The Balaban J connectivity index is 1.68. The van der Waals surface area contributed by atoms with Gasteiger partial charge < -0.3 is 15.4 Å². The van der Waals surface area contributed by atoms with Crippen molar-refractivity contribution in [2.24, 2.45) is 0 Å². The summed E-state index contributed by atoms with van der Waals surface area (Å²) >= 11 is 3.42. The summed E-state index contributed by atoms with van der Waals surface area (Å²) in [6.07, 6.45) is 1.88. The molecular weight excluding hydrogens is 380 g/mol. The first-order chi connectivity index (χ1) is 12.1. The van der Waals surface area contributed by atoms with Crippen molar-refractivity contribution < 1.29 is 4.74 Å². The number of ether oxygens (including phenoxy) is 1. The molecule has 0 fully saturated rings. The van der Waals surface area contributed by atoms with Crippen molar-refractivity contribution in [3.05, 3.63) is 65.3 Å². The summed E-state index contributed by atoms with van der Waals surface area (Å²) < 4.78 is 6.67. The van der Waals surface area contributed by atoms with Crippen molar-refractivity contribution in [3.63, 3.8) is 0 Å². The number of aromatic nitrogens is 2. The van der Waals surface area contributed by atoms with Crippen LogP contribution in [0.25, 0.3) is 0 Å². The molecule has 0 aliphatic heterocycles. The molecule has 0 saturated heterocycles. The van der Waals surface area contributed by atoms with Crippen molar-refractivity contribution in [1.82, 2.24) is 9.97 Å². The van der Waals surface area contributed by atoms with Crippen molar-refractivity contribution in [2.45, 2.75) is 20.0 Å². The lowest BCUT2D eigenvalue weighted by molar-refractivity contribution is 0.242. The van der Waals surface area contributed by atoms with E-state index in [0.717, 1.165) is 21.6 Å². The molecule has 0 aliphatic rings. The fourth-order valence-corrected chi connectivity index (χ4v) is 2.45. The van der Waals surface area contributed by atoms with Crippen LogP contribution in [0.5, 0.6) is 5.75 Å². The lowest BCUT2D eigenvalue weighted by Crippen LogP contribution is -2.05. The van der Waals surface area contributed by atoms with E-state index < -0.39 is 0 Å². The molecule has 3 aromatic rings. The van der Waals surface area contributed by atoms with Crippen LogP contribution < -0.4 is 15.4 Å². The third kappa shape index (κ3) is 5.19. The zero-order valence-corrected chi connectivity index (χ0v) is 15.6. The summed E-state index contributed by atoms with van der Waals surface area (Å²) in [6, 6.07) is 17.5. The van der Waals surface area contributed by atoms with E-state index in [1.54, 1.807) is 6.20 Å². The van der Waals surface area contributed by atoms with Gasteiger partial charge in [-0.3, -0.25) is 0 Å². The number of nitrogens with zero attached hydrogens (tertiary/aromatic N) is 2. The van der Waals surface area contributed by atoms with Crippen molar-refractivity contribution in [1.29, 1.82) is 0 Å². The van der Waals surface area contributed by atoms with Gasteiger partial charge in [-0.15, -0.1) is 0 Å². The average molecular weight is 399 g/mol. The zero-order chi connectivity index (χ0) is 17.6. The fraction of sp³-hybridized carbons (Fsp3) is 0.158. The summed E-state index contributed by atoms with van der Waals surface area (Å²) in [5.41, 5.74) is 1.86. The molecule has 128 valence electrons. The van der Waals surface area contributed by atoms with Gasteiger partial charge in [0.2, 0.25) is 5.95 Å².